The van der Waals surface area contributed by atoms with Gasteiger partial charge in [-0.1, -0.05) is 72.9 Å². The van der Waals surface area contributed by atoms with Gasteiger partial charge >= 0.3 is 0 Å². The lowest BCUT2D eigenvalue weighted by Crippen LogP contribution is -2.14. The number of hydrogen-bond donors (Lipinski definition) is 0. The van der Waals surface area contributed by atoms with Crippen molar-refractivity contribution >= 4 is 11.4 Å². The first-order chi connectivity index (χ1) is 12.1. The third-order valence-electron chi connectivity index (χ3n) is 2.93. The normalized spacial score (nSPS) is 9.00. The summed E-state index contributed by atoms with van der Waals surface area (Å²) in [5.41, 5.74) is 3.58. The van der Waals surface area contributed by atoms with Gasteiger partial charge in [-0.05, 0) is 36.8 Å². The first kappa shape index (κ1) is 27.6. The zero-order chi connectivity index (χ0) is 20.3. The van der Waals surface area contributed by atoms with E-state index < -0.39 is 0 Å². The standard InChI is InChI=1S/C17H22N2.3C2H6/c1-6-8-13-18(4)16-11-10-12-17(15(16)3)19(5)14-9-7-2;3*1-2/h6-14H,1-2H2,3-5H3;3*1-2H3/b13-8-,14-9-;;;. The number of nitrogens with zero attached hydrogens (tertiary/aromatic N) is 2. The maximum atomic E-state index is 3.69. The summed E-state index contributed by atoms with van der Waals surface area (Å²) in [7, 11) is 4.07. The van der Waals surface area contributed by atoms with E-state index in [1.54, 1.807) is 12.2 Å². The quantitative estimate of drug-likeness (QED) is 0.498. The van der Waals surface area contributed by atoms with Crippen molar-refractivity contribution in [2.24, 2.45) is 0 Å². The van der Waals surface area contributed by atoms with Gasteiger partial charge in [-0.2, -0.15) is 0 Å². The van der Waals surface area contributed by atoms with Gasteiger partial charge in [0.2, 0.25) is 0 Å². The van der Waals surface area contributed by atoms with Crippen LogP contribution in [0.3, 0.4) is 0 Å². The Kier molecular flexibility index (Phi) is 21.9. The van der Waals surface area contributed by atoms with Gasteiger partial charge in [-0.3, -0.25) is 0 Å². The number of rotatable bonds is 6. The van der Waals surface area contributed by atoms with Gasteiger partial charge in [-0.25, -0.2) is 0 Å². The molecule has 0 aromatic heterocycles. The van der Waals surface area contributed by atoms with E-state index in [1.165, 1.54) is 16.9 Å². The van der Waals surface area contributed by atoms with E-state index in [0.29, 0.717) is 0 Å². The second-order valence-electron chi connectivity index (χ2n) is 4.30. The first-order valence-electron chi connectivity index (χ1n) is 9.25. The van der Waals surface area contributed by atoms with Crippen LogP contribution in [0.5, 0.6) is 0 Å². The minimum absolute atomic E-state index is 1.18. The topological polar surface area (TPSA) is 6.48 Å². The molecule has 2 heteroatoms. The SMILES string of the molecule is C=C/C=C\N(C)c1cccc(N(C)/C=C\C=C)c1C.CC.CC.CC. The van der Waals surface area contributed by atoms with Gasteiger partial charge in [0.15, 0.2) is 0 Å². The van der Waals surface area contributed by atoms with Gasteiger partial charge in [0, 0.05) is 37.9 Å². The molecule has 0 fully saturated rings. The van der Waals surface area contributed by atoms with E-state index in [-0.39, 0.29) is 0 Å². The van der Waals surface area contributed by atoms with E-state index in [4.69, 9.17) is 0 Å². The number of allylic oxidation sites excluding steroid dienone is 4. The average molecular weight is 345 g/mol. The largest absolute Gasteiger partial charge is 0.351 e. The van der Waals surface area contributed by atoms with Crippen LogP contribution in [0.25, 0.3) is 0 Å². The highest BCUT2D eigenvalue weighted by Crippen LogP contribution is 2.28. The van der Waals surface area contributed by atoms with Crippen molar-refractivity contribution in [2.75, 3.05) is 23.9 Å². The van der Waals surface area contributed by atoms with Crippen molar-refractivity contribution in [3.8, 4) is 0 Å². The molecule has 0 saturated carbocycles. The first-order valence-corrected chi connectivity index (χ1v) is 9.25. The average Bonchev–Trinajstić information content (AvgIpc) is 2.69. The summed E-state index contributed by atoms with van der Waals surface area (Å²) in [4.78, 5) is 4.18. The predicted molar refractivity (Wildman–Crippen MR) is 121 cm³/mol. The summed E-state index contributed by atoms with van der Waals surface area (Å²) < 4.78 is 0. The smallest absolute Gasteiger partial charge is 0.0454 e. The van der Waals surface area contributed by atoms with Crippen LogP contribution >= 0.6 is 0 Å². The van der Waals surface area contributed by atoms with E-state index in [2.05, 4.69) is 48.1 Å². The van der Waals surface area contributed by atoms with Crippen molar-refractivity contribution in [1.82, 2.24) is 0 Å². The van der Waals surface area contributed by atoms with Crippen LogP contribution in [0.2, 0.25) is 0 Å². The summed E-state index contributed by atoms with van der Waals surface area (Å²) in [6, 6.07) is 6.28. The van der Waals surface area contributed by atoms with Crippen molar-refractivity contribution in [3.63, 3.8) is 0 Å². The minimum atomic E-state index is 1.18. The molecular formula is C23H40N2. The highest BCUT2D eigenvalue weighted by atomic mass is 15.1. The van der Waals surface area contributed by atoms with E-state index in [0.717, 1.165) is 0 Å². The molecule has 0 radical (unpaired) electrons. The van der Waals surface area contributed by atoms with Crippen LogP contribution in [0.4, 0.5) is 11.4 Å². The molecular weight excluding hydrogens is 304 g/mol. The molecule has 0 spiro atoms. The van der Waals surface area contributed by atoms with Crippen LogP contribution in [0.1, 0.15) is 47.1 Å². The fourth-order valence-electron chi connectivity index (χ4n) is 1.92. The van der Waals surface area contributed by atoms with Gasteiger partial charge in [0.1, 0.15) is 0 Å². The molecule has 0 heterocycles. The third-order valence-corrected chi connectivity index (χ3v) is 2.93. The molecule has 0 aliphatic heterocycles. The molecule has 0 amide bonds. The lowest BCUT2D eigenvalue weighted by Gasteiger charge is -2.23. The van der Waals surface area contributed by atoms with Crippen LogP contribution in [-0.2, 0) is 0 Å². The fraction of sp³-hybridized carbons (Fsp3) is 0.391. The molecule has 0 unspecified atom stereocenters. The Bertz CT molecular complexity index is 457. The number of anilines is 2. The fourth-order valence-corrected chi connectivity index (χ4v) is 1.92. The van der Waals surface area contributed by atoms with Crippen LogP contribution in [0, 0.1) is 6.92 Å². The van der Waals surface area contributed by atoms with E-state index in [1.807, 2.05) is 80.2 Å². The zero-order valence-corrected chi connectivity index (χ0v) is 18.0. The maximum Gasteiger partial charge on any atom is 0.0454 e. The highest BCUT2D eigenvalue weighted by Gasteiger charge is 2.08. The van der Waals surface area contributed by atoms with Gasteiger partial charge in [0.05, 0.1) is 0 Å². The Morgan fingerprint density at radius 2 is 1.04 bits per heavy atom. The van der Waals surface area contributed by atoms with Crippen LogP contribution in [-0.4, -0.2) is 14.1 Å². The minimum Gasteiger partial charge on any atom is -0.351 e. The maximum absolute atomic E-state index is 3.69. The molecule has 142 valence electrons. The molecule has 0 saturated heterocycles. The molecule has 25 heavy (non-hydrogen) atoms. The van der Waals surface area contributed by atoms with Gasteiger partial charge < -0.3 is 9.80 Å². The molecule has 1 aromatic rings. The predicted octanol–water partition coefficient (Wildman–Crippen LogP) is 7.35. The second kappa shape index (κ2) is 19.8. The second-order valence-corrected chi connectivity index (χ2v) is 4.30. The highest BCUT2D eigenvalue weighted by molar-refractivity contribution is 5.68. The van der Waals surface area contributed by atoms with Crippen LogP contribution < -0.4 is 9.80 Å². The van der Waals surface area contributed by atoms with E-state index >= 15 is 0 Å². The van der Waals surface area contributed by atoms with Crippen molar-refractivity contribution in [3.05, 3.63) is 73.6 Å². The van der Waals surface area contributed by atoms with Gasteiger partial charge in [-0.15, -0.1) is 0 Å². The summed E-state index contributed by atoms with van der Waals surface area (Å²) in [6.07, 6.45) is 11.4. The lowest BCUT2D eigenvalue weighted by molar-refractivity contribution is 1.14. The van der Waals surface area contributed by atoms with Crippen molar-refractivity contribution < 1.29 is 0 Å². The molecule has 1 aromatic carbocycles. The molecule has 1 rings (SSSR count). The Morgan fingerprint density at radius 1 is 0.720 bits per heavy atom. The summed E-state index contributed by atoms with van der Waals surface area (Å²) in [6.45, 7) is 21.5. The molecule has 0 atom stereocenters. The molecule has 2 nitrogen and oxygen atoms in total. The number of hydrogen-bond acceptors (Lipinski definition) is 2. The third kappa shape index (κ3) is 11.0. The Balaban J connectivity index is -0.000000725. The lowest BCUT2D eigenvalue weighted by atomic mass is 10.1. The van der Waals surface area contributed by atoms with Gasteiger partial charge in [0.25, 0.3) is 0 Å². The summed E-state index contributed by atoms with van der Waals surface area (Å²) in [5.74, 6) is 0. The Hall–Kier alpha value is -2.22. The van der Waals surface area contributed by atoms with Crippen LogP contribution in [0.15, 0.2) is 68.1 Å². The molecule has 0 N–H and O–H groups in total. The zero-order valence-electron chi connectivity index (χ0n) is 18.0. The summed E-state index contributed by atoms with van der Waals surface area (Å²) >= 11 is 0. The molecule has 0 aliphatic carbocycles. The van der Waals surface area contributed by atoms with Crippen molar-refractivity contribution in [1.29, 1.82) is 0 Å². The summed E-state index contributed by atoms with van der Waals surface area (Å²) in [5, 5.41) is 0. The molecule has 0 aliphatic rings. The van der Waals surface area contributed by atoms with E-state index in [9.17, 15) is 0 Å². The Morgan fingerprint density at radius 3 is 1.32 bits per heavy atom. The Labute approximate surface area is 157 Å². The molecule has 0 bridgehead atoms. The monoisotopic (exact) mass is 344 g/mol. The van der Waals surface area contributed by atoms with Crippen molar-refractivity contribution in [2.45, 2.75) is 48.5 Å². The number of benzene rings is 1.